The maximum atomic E-state index is 12.5. The van der Waals surface area contributed by atoms with Gasteiger partial charge in [0.15, 0.2) is 0 Å². The highest BCUT2D eigenvalue weighted by atomic mass is 35.5. The van der Waals surface area contributed by atoms with Gasteiger partial charge in [-0.25, -0.2) is 13.1 Å². The summed E-state index contributed by atoms with van der Waals surface area (Å²) in [5.74, 6) is -0.265. The maximum Gasteiger partial charge on any atom is 0.251 e. The van der Waals surface area contributed by atoms with Crippen LogP contribution in [0.1, 0.15) is 28.8 Å². The summed E-state index contributed by atoms with van der Waals surface area (Å²) in [4.78, 5) is 12.4. The summed E-state index contributed by atoms with van der Waals surface area (Å²) < 4.78 is 27.6. The smallest absolute Gasteiger partial charge is 0.251 e. The first-order valence-electron chi connectivity index (χ1n) is 8.70. The van der Waals surface area contributed by atoms with Gasteiger partial charge in [0.2, 0.25) is 10.0 Å². The Kier molecular flexibility index (Phi) is 7.79. The minimum absolute atomic E-state index is 0. The lowest BCUT2D eigenvalue weighted by Crippen LogP contribution is -2.37. The highest BCUT2D eigenvalue weighted by Crippen LogP contribution is 2.13. The van der Waals surface area contributed by atoms with Crippen LogP contribution in [0.5, 0.6) is 0 Å². The molecule has 0 radical (unpaired) electrons. The number of benzene rings is 2. The largest absolute Gasteiger partial charge is 0.350 e. The van der Waals surface area contributed by atoms with Crippen molar-refractivity contribution in [1.82, 2.24) is 15.4 Å². The molecule has 1 saturated heterocycles. The Hall–Kier alpha value is -1.93. The van der Waals surface area contributed by atoms with E-state index < -0.39 is 10.0 Å². The Balaban J connectivity index is 0.00000261. The third-order valence-corrected chi connectivity index (χ3v) is 5.79. The van der Waals surface area contributed by atoms with Gasteiger partial charge in [-0.05, 0) is 43.1 Å². The summed E-state index contributed by atoms with van der Waals surface area (Å²) in [6.07, 6.45) is 2.15. The van der Waals surface area contributed by atoms with Gasteiger partial charge in [-0.2, -0.15) is 0 Å². The fourth-order valence-corrected chi connectivity index (χ4v) is 3.97. The van der Waals surface area contributed by atoms with Crippen LogP contribution in [0.15, 0.2) is 59.5 Å². The molecule has 0 bridgehead atoms. The summed E-state index contributed by atoms with van der Waals surface area (Å²) in [6.45, 7) is 1.72. The lowest BCUT2D eigenvalue weighted by Gasteiger charge is -2.12. The Bertz CT molecular complexity index is 854. The van der Waals surface area contributed by atoms with Gasteiger partial charge in [-0.15, -0.1) is 12.4 Å². The minimum Gasteiger partial charge on any atom is -0.350 e. The number of sulfonamides is 1. The minimum atomic E-state index is -3.69. The second-order valence-electron chi connectivity index (χ2n) is 6.34. The first-order chi connectivity index (χ1) is 12.5. The van der Waals surface area contributed by atoms with Gasteiger partial charge in [0.05, 0.1) is 4.90 Å². The Morgan fingerprint density at radius 3 is 2.59 bits per heavy atom. The van der Waals surface area contributed by atoms with E-state index in [1.807, 2.05) is 30.3 Å². The van der Waals surface area contributed by atoms with Gasteiger partial charge >= 0.3 is 0 Å². The van der Waals surface area contributed by atoms with Crippen LogP contribution in [0.2, 0.25) is 0 Å². The lowest BCUT2D eigenvalue weighted by atomic mass is 10.2. The standard InChI is InChI=1S/C19H23N3O3S.ClH/c23-19(21-14-17-9-5-11-20-17)16-8-4-10-18(12-16)26(24,25)22-13-15-6-2-1-3-7-15;/h1-4,6-8,10,12,17,20,22H,5,9,11,13-14H2,(H,21,23);1H. The van der Waals surface area contributed by atoms with Crippen molar-refractivity contribution in [3.8, 4) is 0 Å². The molecule has 27 heavy (non-hydrogen) atoms. The van der Waals surface area contributed by atoms with Crippen molar-refractivity contribution < 1.29 is 13.2 Å². The molecule has 1 aliphatic heterocycles. The summed E-state index contributed by atoms with van der Waals surface area (Å²) in [6, 6.07) is 15.7. The van der Waals surface area contributed by atoms with E-state index in [1.165, 1.54) is 12.1 Å². The Morgan fingerprint density at radius 2 is 1.89 bits per heavy atom. The first-order valence-corrected chi connectivity index (χ1v) is 10.2. The quantitative estimate of drug-likeness (QED) is 0.653. The molecular formula is C19H24ClN3O3S. The molecular weight excluding hydrogens is 386 g/mol. The van der Waals surface area contributed by atoms with Gasteiger partial charge in [0.1, 0.15) is 0 Å². The maximum absolute atomic E-state index is 12.5. The van der Waals surface area contributed by atoms with E-state index in [0.29, 0.717) is 18.2 Å². The third kappa shape index (κ3) is 6.04. The van der Waals surface area contributed by atoms with Crippen molar-refractivity contribution >= 4 is 28.3 Å². The molecule has 0 saturated carbocycles. The number of carbonyl (C=O) groups is 1. The van der Waals surface area contributed by atoms with Crippen LogP contribution in [-0.2, 0) is 16.6 Å². The number of rotatable bonds is 7. The molecule has 1 atom stereocenters. The van der Waals surface area contributed by atoms with Gasteiger partial charge in [-0.1, -0.05) is 36.4 Å². The number of amides is 1. The molecule has 3 N–H and O–H groups in total. The fraction of sp³-hybridized carbons (Fsp3) is 0.316. The molecule has 1 fully saturated rings. The lowest BCUT2D eigenvalue weighted by molar-refractivity contribution is 0.0950. The molecule has 1 amide bonds. The average molecular weight is 410 g/mol. The fourth-order valence-electron chi connectivity index (χ4n) is 2.91. The first kappa shape index (κ1) is 21.4. The van der Waals surface area contributed by atoms with E-state index >= 15 is 0 Å². The van der Waals surface area contributed by atoms with Crippen molar-refractivity contribution in [2.75, 3.05) is 13.1 Å². The zero-order valence-electron chi connectivity index (χ0n) is 14.9. The summed E-state index contributed by atoms with van der Waals surface area (Å²) in [7, 11) is -3.69. The van der Waals surface area contributed by atoms with Crippen LogP contribution in [0.3, 0.4) is 0 Å². The van der Waals surface area contributed by atoms with Crippen LogP contribution >= 0.6 is 12.4 Å². The van der Waals surface area contributed by atoms with Crippen LogP contribution < -0.4 is 15.4 Å². The van der Waals surface area contributed by atoms with Crippen molar-refractivity contribution in [2.45, 2.75) is 30.3 Å². The Morgan fingerprint density at radius 1 is 1.11 bits per heavy atom. The Labute approximate surface area is 166 Å². The number of nitrogens with one attached hydrogen (secondary N) is 3. The van der Waals surface area contributed by atoms with Crippen LogP contribution in [-0.4, -0.2) is 33.5 Å². The van der Waals surface area contributed by atoms with Crippen LogP contribution in [0.25, 0.3) is 0 Å². The average Bonchev–Trinajstić information content (AvgIpc) is 3.19. The second kappa shape index (κ2) is 9.85. The molecule has 8 heteroatoms. The van der Waals surface area contributed by atoms with Crippen molar-refractivity contribution in [3.63, 3.8) is 0 Å². The zero-order valence-corrected chi connectivity index (χ0v) is 16.5. The van der Waals surface area contributed by atoms with E-state index in [9.17, 15) is 13.2 Å². The van der Waals surface area contributed by atoms with Crippen molar-refractivity contribution in [3.05, 3.63) is 65.7 Å². The van der Waals surface area contributed by atoms with E-state index in [-0.39, 0.29) is 29.8 Å². The summed E-state index contributed by atoms with van der Waals surface area (Å²) >= 11 is 0. The molecule has 0 aromatic heterocycles. The molecule has 146 valence electrons. The monoisotopic (exact) mass is 409 g/mol. The predicted molar refractivity (Wildman–Crippen MR) is 108 cm³/mol. The molecule has 1 aliphatic rings. The van der Waals surface area contributed by atoms with Crippen molar-refractivity contribution in [1.29, 1.82) is 0 Å². The molecule has 2 aromatic carbocycles. The van der Waals surface area contributed by atoms with E-state index in [0.717, 1.165) is 24.9 Å². The topological polar surface area (TPSA) is 87.3 Å². The molecule has 6 nitrogen and oxygen atoms in total. The van der Waals surface area contributed by atoms with Crippen LogP contribution in [0, 0.1) is 0 Å². The normalized spacial score (nSPS) is 16.5. The molecule has 1 heterocycles. The SMILES string of the molecule is Cl.O=C(NCC1CCCN1)c1cccc(S(=O)(=O)NCc2ccccc2)c1. The molecule has 0 spiro atoms. The van der Waals surface area contributed by atoms with E-state index in [4.69, 9.17) is 0 Å². The predicted octanol–water partition coefficient (Wildman–Crippen LogP) is 2.07. The van der Waals surface area contributed by atoms with Gasteiger partial charge in [0.25, 0.3) is 5.91 Å². The summed E-state index contributed by atoms with van der Waals surface area (Å²) in [5, 5.41) is 6.17. The highest BCUT2D eigenvalue weighted by molar-refractivity contribution is 7.89. The number of carbonyl (C=O) groups excluding carboxylic acids is 1. The van der Waals surface area contributed by atoms with Gasteiger partial charge in [-0.3, -0.25) is 4.79 Å². The second-order valence-corrected chi connectivity index (χ2v) is 8.11. The van der Waals surface area contributed by atoms with E-state index in [1.54, 1.807) is 12.1 Å². The third-order valence-electron chi connectivity index (χ3n) is 4.39. The summed E-state index contributed by atoms with van der Waals surface area (Å²) in [5.41, 5.74) is 1.21. The number of halogens is 1. The number of hydrogen-bond acceptors (Lipinski definition) is 4. The molecule has 2 aromatic rings. The van der Waals surface area contributed by atoms with Crippen molar-refractivity contribution in [2.24, 2.45) is 0 Å². The number of hydrogen-bond donors (Lipinski definition) is 3. The molecule has 3 rings (SSSR count). The van der Waals surface area contributed by atoms with Gasteiger partial charge in [0, 0.05) is 24.7 Å². The molecule has 1 unspecified atom stereocenters. The van der Waals surface area contributed by atoms with E-state index in [2.05, 4.69) is 15.4 Å². The van der Waals surface area contributed by atoms with Gasteiger partial charge < -0.3 is 10.6 Å². The zero-order chi connectivity index (χ0) is 18.4. The highest BCUT2D eigenvalue weighted by Gasteiger charge is 2.18. The van der Waals surface area contributed by atoms with Crippen LogP contribution in [0.4, 0.5) is 0 Å². The molecule has 0 aliphatic carbocycles.